The van der Waals surface area contributed by atoms with Crippen LogP contribution in [0.1, 0.15) is 36.8 Å². The Morgan fingerprint density at radius 3 is 3.05 bits per heavy atom. The molecule has 1 unspecified atom stereocenters. The van der Waals surface area contributed by atoms with Crippen LogP contribution in [0.15, 0.2) is 29.6 Å². The Morgan fingerprint density at radius 1 is 1.38 bits per heavy atom. The van der Waals surface area contributed by atoms with Crippen molar-refractivity contribution >= 4 is 22.7 Å². The molecule has 0 saturated carbocycles. The monoisotopic (exact) mass is 302 g/mol. The third-order valence-corrected chi connectivity index (χ3v) is 5.06. The van der Waals surface area contributed by atoms with Gasteiger partial charge in [0.2, 0.25) is 0 Å². The lowest BCUT2D eigenvalue weighted by Crippen LogP contribution is -2.33. The van der Waals surface area contributed by atoms with Crippen molar-refractivity contribution in [2.24, 2.45) is 0 Å². The summed E-state index contributed by atoms with van der Waals surface area (Å²) in [6.07, 6.45) is 2.11. The summed E-state index contributed by atoms with van der Waals surface area (Å²) in [6.45, 7) is 6.13. The molecule has 0 aliphatic carbocycles. The number of hydrogen-bond donors (Lipinski definition) is 1. The van der Waals surface area contributed by atoms with Crippen LogP contribution in [0.3, 0.4) is 0 Å². The average Bonchev–Trinajstić information content (AvgIpc) is 2.97. The first-order valence-electron chi connectivity index (χ1n) is 7.56. The van der Waals surface area contributed by atoms with E-state index in [9.17, 15) is 0 Å². The zero-order chi connectivity index (χ0) is 14.8. The second kappa shape index (κ2) is 5.98. The molecule has 0 saturated heterocycles. The summed E-state index contributed by atoms with van der Waals surface area (Å²) in [5.74, 6) is 0.803. The van der Waals surface area contributed by atoms with Crippen LogP contribution < -0.4 is 15.4 Å². The van der Waals surface area contributed by atoms with E-state index >= 15 is 0 Å². The second-order valence-corrected chi connectivity index (χ2v) is 6.49. The molecule has 0 bridgehead atoms. The summed E-state index contributed by atoms with van der Waals surface area (Å²) >= 11 is 1.87. The minimum absolute atomic E-state index is 0.405. The van der Waals surface area contributed by atoms with Crippen LogP contribution in [-0.4, -0.2) is 13.2 Å². The first kappa shape index (κ1) is 14.3. The SMILES string of the molecule is CCCOc1cc(N2CCc3sccc3C2C)ccc1N. The number of hydrogen-bond acceptors (Lipinski definition) is 4. The van der Waals surface area contributed by atoms with Crippen molar-refractivity contribution < 1.29 is 4.74 Å². The normalized spacial score (nSPS) is 17.6. The Labute approximate surface area is 130 Å². The van der Waals surface area contributed by atoms with Gasteiger partial charge in [-0.05, 0) is 48.9 Å². The average molecular weight is 302 g/mol. The zero-order valence-electron chi connectivity index (χ0n) is 12.6. The van der Waals surface area contributed by atoms with Crippen LogP contribution in [0, 0.1) is 0 Å². The van der Waals surface area contributed by atoms with Gasteiger partial charge in [0.15, 0.2) is 0 Å². The molecule has 0 amide bonds. The lowest BCUT2D eigenvalue weighted by atomic mass is 10.0. The lowest BCUT2D eigenvalue weighted by molar-refractivity contribution is 0.319. The molecule has 0 fully saturated rings. The number of nitrogens with zero attached hydrogens (tertiary/aromatic N) is 1. The van der Waals surface area contributed by atoms with Crippen LogP contribution in [0.2, 0.25) is 0 Å². The number of nitrogen functional groups attached to an aromatic ring is 1. The fourth-order valence-corrected chi connectivity index (χ4v) is 3.86. The van der Waals surface area contributed by atoms with Crippen LogP contribution in [0.25, 0.3) is 0 Å². The maximum Gasteiger partial charge on any atom is 0.144 e. The maximum absolute atomic E-state index is 6.01. The second-order valence-electron chi connectivity index (χ2n) is 5.49. The van der Waals surface area contributed by atoms with E-state index in [2.05, 4.69) is 42.3 Å². The van der Waals surface area contributed by atoms with Crippen LogP contribution >= 0.6 is 11.3 Å². The third-order valence-electron chi connectivity index (χ3n) is 4.07. The molecule has 1 atom stereocenters. The van der Waals surface area contributed by atoms with Crippen molar-refractivity contribution in [1.82, 2.24) is 0 Å². The summed E-state index contributed by atoms with van der Waals surface area (Å²) < 4.78 is 5.76. The highest BCUT2D eigenvalue weighted by atomic mass is 32.1. The van der Waals surface area contributed by atoms with Gasteiger partial charge >= 0.3 is 0 Å². The Bertz CT molecular complexity index is 623. The number of ether oxygens (including phenoxy) is 1. The van der Waals surface area contributed by atoms with Gasteiger partial charge in [-0.15, -0.1) is 11.3 Å². The number of nitrogens with two attached hydrogens (primary N) is 1. The van der Waals surface area contributed by atoms with E-state index < -0.39 is 0 Å². The minimum atomic E-state index is 0.405. The highest BCUT2D eigenvalue weighted by molar-refractivity contribution is 7.10. The lowest BCUT2D eigenvalue weighted by Gasteiger charge is -2.35. The van der Waals surface area contributed by atoms with Gasteiger partial charge in [0.1, 0.15) is 5.75 Å². The molecule has 3 nitrogen and oxygen atoms in total. The molecular formula is C17H22N2OS. The molecule has 2 heterocycles. The Balaban J connectivity index is 1.87. The topological polar surface area (TPSA) is 38.5 Å². The van der Waals surface area contributed by atoms with Gasteiger partial charge < -0.3 is 15.4 Å². The molecule has 3 rings (SSSR count). The molecule has 0 spiro atoms. The summed E-state index contributed by atoms with van der Waals surface area (Å²) in [4.78, 5) is 3.96. The van der Waals surface area contributed by atoms with E-state index in [1.165, 1.54) is 16.1 Å². The van der Waals surface area contributed by atoms with Gasteiger partial charge in [-0.1, -0.05) is 6.92 Å². The summed E-state index contributed by atoms with van der Waals surface area (Å²) in [5, 5.41) is 2.20. The fraction of sp³-hybridized carbons (Fsp3) is 0.412. The van der Waals surface area contributed by atoms with Crippen LogP contribution in [0.5, 0.6) is 5.75 Å². The fourth-order valence-electron chi connectivity index (χ4n) is 2.90. The van der Waals surface area contributed by atoms with E-state index in [-0.39, 0.29) is 0 Å². The van der Waals surface area contributed by atoms with Crippen molar-refractivity contribution in [2.45, 2.75) is 32.7 Å². The zero-order valence-corrected chi connectivity index (χ0v) is 13.5. The quantitative estimate of drug-likeness (QED) is 0.858. The number of anilines is 2. The van der Waals surface area contributed by atoms with Crippen molar-refractivity contribution in [2.75, 3.05) is 23.8 Å². The predicted octanol–water partition coefficient (Wildman–Crippen LogP) is 4.24. The number of rotatable bonds is 4. The van der Waals surface area contributed by atoms with E-state index in [0.29, 0.717) is 18.3 Å². The summed E-state index contributed by atoms with van der Waals surface area (Å²) in [7, 11) is 0. The van der Waals surface area contributed by atoms with Crippen molar-refractivity contribution in [3.05, 3.63) is 40.1 Å². The molecule has 21 heavy (non-hydrogen) atoms. The van der Waals surface area contributed by atoms with Gasteiger partial charge in [0, 0.05) is 23.2 Å². The van der Waals surface area contributed by atoms with Crippen molar-refractivity contribution in [3.8, 4) is 5.75 Å². The summed E-state index contributed by atoms with van der Waals surface area (Å²) in [6, 6.07) is 8.79. The van der Waals surface area contributed by atoms with Gasteiger partial charge in [-0.2, -0.15) is 0 Å². The van der Waals surface area contributed by atoms with E-state index in [1.807, 2.05) is 17.4 Å². The molecular weight excluding hydrogens is 280 g/mol. The van der Waals surface area contributed by atoms with Crippen molar-refractivity contribution in [1.29, 1.82) is 0 Å². The van der Waals surface area contributed by atoms with Crippen LogP contribution in [-0.2, 0) is 6.42 Å². The molecule has 1 aliphatic heterocycles. The van der Waals surface area contributed by atoms with E-state index in [0.717, 1.165) is 25.1 Å². The molecule has 0 radical (unpaired) electrons. The number of fused-ring (bicyclic) bond motifs is 1. The van der Waals surface area contributed by atoms with Gasteiger partial charge in [-0.25, -0.2) is 0 Å². The maximum atomic E-state index is 6.01. The van der Waals surface area contributed by atoms with Gasteiger partial charge in [0.05, 0.1) is 18.3 Å². The molecule has 112 valence electrons. The third kappa shape index (κ3) is 2.72. The molecule has 1 aliphatic rings. The van der Waals surface area contributed by atoms with E-state index in [4.69, 9.17) is 10.5 Å². The Kier molecular flexibility index (Phi) is 4.06. The minimum Gasteiger partial charge on any atom is -0.491 e. The number of benzene rings is 1. The molecule has 2 N–H and O–H groups in total. The molecule has 1 aromatic carbocycles. The Morgan fingerprint density at radius 2 is 2.24 bits per heavy atom. The van der Waals surface area contributed by atoms with Gasteiger partial charge in [-0.3, -0.25) is 0 Å². The Hall–Kier alpha value is -1.68. The van der Waals surface area contributed by atoms with Crippen LogP contribution in [0.4, 0.5) is 11.4 Å². The molecule has 2 aromatic rings. The predicted molar refractivity (Wildman–Crippen MR) is 90.4 cm³/mol. The standard InChI is InChI=1S/C17H22N2OS/c1-3-9-20-16-11-13(4-5-15(16)18)19-8-6-17-14(12(19)2)7-10-21-17/h4-5,7,10-12H,3,6,8-9,18H2,1-2H3. The largest absolute Gasteiger partial charge is 0.491 e. The molecule has 4 heteroatoms. The number of thiophene rings is 1. The highest BCUT2D eigenvalue weighted by Crippen LogP contribution is 2.38. The first-order valence-corrected chi connectivity index (χ1v) is 8.44. The molecule has 1 aromatic heterocycles. The smallest absolute Gasteiger partial charge is 0.144 e. The van der Waals surface area contributed by atoms with Crippen molar-refractivity contribution in [3.63, 3.8) is 0 Å². The first-order chi connectivity index (χ1) is 10.2. The van der Waals surface area contributed by atoms with Gasteiger partial charge in [0.25, 0.3) is 0 Å². The highest BCUT2D eigenvalue weighted by Gasteiger charge is 2.25. The van der Waals surface area contributed by atoms with E-state index in [1.54, 1.807) is 0 Å². The summed E-state index contributed by atoms with van der Waals surface area (Å²) in [5.41, 5.74) is 9.38.